The Morgan fingerprint density at radius 1 is 1.25 bits per heavy atom. The number of hydrogen-bond donors (Lipinski definition) is 1. The van der Waals surface area contributed by atoms with Crippen LogP contribution in [0, 0.1) is 9.39 Å². The molecular formula is C15H11FINO2. The number of carbonyl (C=O) groups excluding carboxylic acids is 1. The molecule has 2 aromatic carbocycles. The third-order valence-corrected chi connectivity index (χ3v) is 4.29. The predicted octanol–water partition coefficient (Wildman–Crippen LogP) is 3.34. The Morgan fingerprint density at radius 3 is 2.80 bits per heavy atom. The molecule has 0 unspecified atom stereocenters. The Kier molecular flexibility index (Phi) is 3.37. The van der Waals surface area contributed by atoms with E-state index >= 15 is 0 Å². The van der Waals surface area contributed by atoms with Crippen molar-refractivity contribution in [3.8, 4) is 5.75 Å². The van der Waals surface area contributed by atoms with Gasteiger partial charge in [-0.1, -0.05) is 6.07 Å². The van der Waals surface area contributed by atoms with E-state index in [2.05, 4.69) is 0 Å². The van der Waals surface area contributed by atoms with Crippen LogP contribution in [0.2, 0.25) is 0 Å². The molecule has 1 aliphatic rings. The lowest BCUT2D eigenvalue weighted by molar-refractivity contribution is 0.0989. The van der Waals surface area contributed by atoms with Gasteiger partial charge in [-0.05, 0) is 64.9 Å². The van der Waals surface area contributed by atoms with Crippen LogP contribution >= 0.6 is 22.6 Å². The van der Waals surface area contributed by atoms with Gasteiger partial charge in [0.15, 0.2) is 0 Å². The molecule has 102 valence electrons. The third kappa shape index (κ3) is 2.26. The van der Waals surface area contributed by atoms with Crippen LogP contribution in [0.4, 0.5) is 10.1 Å². The van der Waals surface area contributed by atoms with Crippen molar-refractivity contribution in [2.45, 2.75) is 6.42 Å². The van der Waals surface area contributed by atoms with Crippen molar-refractivity contribution in [2.24, 2.45) is 0 Å². The Bertz CT molecular complexity index is 702. The summed E-state index contributed by atoms with van der Waals surface area (Å²) in [6.45, 7) is 0.532. The standard InChI is InChI=1S/C15H11FINO2/c16-11-3-1-9-5-6-18(13(9)8-11)15(20)10-2-4-12(17)14(19)7-10/h1-4,7-8,19H,5-6H2. The van der Waals surface area contributed by atoms with Gasteiger partial charge in [-0.15, -0.1) is 0 Å². The predicted molar refractivity (Wildman–Crippen MR) is 82.6 cm³/mol. The smallest absolute Gasteiger partial charge is 0.258 e. The van der Waals surface area contributed by atoms with Crippen molar-refractivity contribution in [1.82, 2.24) is 0 Å². The minimum atomic E-state index is -0.353. The zero-order chi connectivity index (χ0) is 14.3. The molecule has 0 aliphatic carbocycles. The molecular weight excluding hydrogens is 372 g/mol. The summed E-state index contributed by atoms with van der Waals surface area (Å²) in [4.78, 5) is 14.0. The highest BCUT2D eigenvalue weighted by molar-refractivity contribution is 14.1. The lowest BCUT2D eigenvalue weighted by atomic mass is 10.1. The van der Waals surface area contributed by atoms with Gasteiger partial charge in [0.25, 0.3) is 5.91 Å². The maximum atomic E-state index is 13.3. The molecule has 1 amide bonds. The van der Waals surface area contributed by atoms with Crippen molar-refractivity contribution in [1.29, 1.82) is 0 Å². The number of carbonyl (C=O) groups is 1. The second kappa shape index (κ2) is 5.05. The number of halogens is 2. The first-order valence-electron chi connectivity index (χ1n) is 6.15. The molecule has 5 heteroatoms. The Hall–Kier alpha value is -1.63. The lowest BCUT2D eigenvalue weighted by Crippen LogP contribution is -2.28. The molecule has 0 saturated carbocycles. The van der Waals surface area contributed by atoms with E-state index in [1.165, 1.54) is 18.2 Å². The number of fused-ring (bicyclic) bond motifs is 1. The number of aromatic hydroxyl groups is 1. The minimum absolute atomic E-state index is 0.0788. The number of phenolic OH excluding ortho intramolecular Hbond substituents is 1. The van der Waals surface area contributed by atoms with Gasteiger partial charge >= 0.3 is 0 Å². The first kappa shape index (κ1) is 13.4. The first-order valence-corrected chi connectivity index (χ1v) is 7.23. The van der Waals surface area contributed by atoms with Crippen LogP contribution in [0.25, 0.3) is 0 Å². The van der Waals surface area contributed by atoms with Crippen molar-refractivity contribution >= 4 is 34.2 Å². The van der Waals surface area contributed by atoms with Gasteiger partial charge in [0, 0.05) is 12.1 Å². The number of nitrogens with zero attached hydrogens (tertiary/aromatic N) is 1. The van der Waals surface area contributed by atoms with E-state index in [4.69, 9.17) is 0 Å². The summed E-state index contributed by atoms with van der Waals surface area (Å²) >= 11 is 1.99. The average Bonchev–Trinajstić information content (AvgIpc) is 2.84. The van der Waals surface area contributed by atoms with E-state index in [1.807, 2.05) is 22.6 Å². The van der Waals surface area contributed by atoms with E-state index in [1.54, 1.807) is 23.1 Å². The van der Waals surface area contributed by atoms with Gasteiger partial charge in [0.1, 0.15) is 11.6 Å². The molecule has 1 aliphatic heterocycles. The van der Waals surface area contributed by atoms with Crippen LogP contribution in [0.5, 0.6) is 5.75 Å². The highest BCUT2D eigenvalue weighted by Crippen LogP contribution is 2.31. The van der Waals surface area contributed by atoms with Gasteiger partial charge in [-0.25, -0.2) is 4.39 Å². The number of anilines is 1. The van der Waals surface area contributed by atoms with E-state index in [-0.39, 0.29) is 17.5 Å². The number of hydrogen-bond acceptors (Lipinski definition) is 2. The van der Waals surface area contributed by atoms with Crippen molar-refractivity contribution in [3.05, 3.63) is 56.9 Å². The molecule has 3 nitrogen and oxygen atoms in total. The molecule has 0 saturated heterocycles. The molecule has 0 spiro atoms. The number of amides is 1. The fourth-order valence-corrected chi connectivity index (χ4v) is 2.70. The monoisotopic (exact) mass is 383 g/mol. The number of benzene rings is 2. The van der Waals surface area contributed by atoms with Gasteiger partial charge in [-0.3, -0.25) is 4.79 Å². The fraction of sp³-hybridized carbons (Fsp3) is 0.133. The Labute approximate surface area is 129 Å². The number of rotatable bonds is 1. The van der Waals surface area contributed by atoms with E-state index in [0.29, 0.717) is 21.4 Å². The summed E-state index contributed by atoms with van der Waals surface area (Å²) in [5.41, 5.74) is 1.99. The molecule has 0 fully saturated rings. The highest BCUT2D eigenvalue weighted by atomic mass is 127. The molecule has 1 N–H and O–H groups in total. The largest absolute Gasteiger partial charge is 0.507 e. The van der Waals surface area contributed by atoms with Crippen LogP contribution in [-0.2, 0) is 6.42 Å². The Morgan fingerprint density at radius 2 is 2.05 bits per heavy atom. The fourth-order valence-electron chi connectivity index (χ4n) is 2.36. The second-order valence-electron chi connectivity index (χ2n) is 4.65. The average molecular weight is 383 g/mol. The zero-order valence-corrected chi connectivity index (χ0v) is 12.6. The molecule has 20 heavy (non-hydrogen) atoms. The second-order valence-corrected chi connectivity index (χ2v) is 5.81. The van der Waals surface area contributed by atoms with Crippen LogP contribution in [0.15, 0.2) is 36.4 Å². The van der Waals surface area contributed by atoms with Gasteiger partial charge < -0.3 is 10.0 Å². The highest BCUT2D eigenvalue weighted by Gasteiger charge is 2.26. The van der Waals surface area contributed by atoms with Gasteiger partial charge in [0.2, 0.25) is 0 Å². The maximum Gasteiger partial charge on any atom is 0.258 e. The lowest BCUT2D eigenvalue weighted by Gasteiger charge is -2.17. The maximum absolute atomic E-state index is 13.3. The van der Waals surface area contributed by atoms with Gasteiger partial charge in [-0.2, -0.15) is 0 Å². The van der Waals surface area contributed by atoms with Crippen molar-refractivity contribution in [3.63, 3.8) is 0 Å². The van der Waals surface area contributed by atoms with E-state index in [0.717, 1.165) is 12.0 Å². The first-order chi connectivity index (χ1) is 9.56. The zero-order valence-electron chi connectivity index (χ0n) is 10.4. The molecule has 3 rings (SSSR count). The Balaban J connectivity index is 1.97. The summed E-state index contributed by atoms with van der Waals surface area (Å²) in [7, 11) is 0. The summed E-state index contributed by atoms with van der Waals surface area (Å²) in [6.07, 6.45) is 0.720. The summed E-state index contributed by atoms with van der Waals surface area (Å²) in [5.74, 6) is -0.495. The quantitative estimate of drug-likeness (QED) is 0.768. The molecule has 2 aromatic rings. The molecule has 0 bridgehead atoms. The van der Waals surface area contributed by atoms with Crippen LogP contribution in [0.3, 0.4) is 0 Å². The van der Waals surface area contributed by atoms with Crippen LogP contribution < -0.4 is 4.90 Å². The summed E-state index contributed by atoms with van der Waals surface area (Å²) in [5, 5.41) is 9.69. The van der Waals surface area contributed by atoms with E-state index < -0.39 is 0 Å². The normalized spacial score (nSPS) is 13.4. The topological polar surface area (TPSA) is 40.5 Å². The van der Waals surface area contributed by atoms with Crippen LogP contribution in [0.1, 0.15) is 15.9 Å². The third-order valence-electron chi connectivity index (χ3n) is 3.38. The molecule has 0 atom stereocenters. The molecule has 0 radical (unpaired) electrons. The number of phenols is 1. The molecule has 1 heterocycles. The van der Waals surface area contributed by atoms with Crippen molar-refractivity contribution < 1.29 is 14.3 Å². The van der Waals surface area contributed by atoms with Crippen LogP contribution in [-0.4, -0.2) is 17.6 Å². The molecule has 0 aromatic heterocycles. The summed E-state index contributed by atoms with van der Waals surface area (Å²) < 4.78 is 14.0. The van der Waals surface area contributed by atoms with E-state index in [9.17, 15) is 14.3 Å². The van der Waals surface area contributed by atoms with Crippen molar-refractivity contribution in [2.75, 3.05) is 11.4 Å². The van der Waals surface area contributed by atoms with Gasteiger partial charge in [0.05, 0.1) is 9.26 Å². The minimum Gasteiger partial charge on any atom is -0.507 e. The SMILES string of the molecule is O=C(c1ccc(I)c(O)c1)N1CCc2ccc(F)cc21. The summed E-state index contributed by atoms with van der Waals surface area (Å²) in [6, 6.07) is 9.30.